The standard InChI is InChI=1S/C23H28N6O9/c24-28-26-7-9-36-11-13-37-12-10-35-8-6-25-19(31)14-38-17-3-1-2-15-20(17)23(34)29(22(15)33)16-4-5-18(30)27-21(16)32/h1-3,16H,4-14H2,(H,25,31)(H,27,30,32). The number of piperidine rings is 1. The highest BCUT2D eigenvalue weighted by Crippen LogP contribution is 2.33. The Morgan fingerprint density at radius 3 is 2.47 bits per heavy atom. The first-order valence-electron chi connectivity index (χ1n) is 11.9. The van der Waals surface area contributed by atoms with Crippen molar-refractivity contribution in [3.8, 4) is 5.75 Å². The minimum Gasteiger partial charge on any atom is -0.483 e. The summed E-state index contributed by atoms with van der Waals surface area (Å²) in [4.78, 5) is 65.1. The maximum Gasteiger partial charge on any atom is 0.266 e. The molecule has 0 aliphatic carbocycles. The van der Waals surface area contributed by atoms with E-state index in [2.05, 4.69) is 20.7 Å². The molecule has 15 heteroatoms. The number of hydrogen-bond donors (Lipinski definition) is 2. The lowest BCUT2D eigenvalue weighted by Gasteiger charge is -2.27. The van der Waals surface area contributed by atoms with Crippen LogP contribution in [0.5, 0.6) is 5.75 Å². The van der Waals surface area contributed by atoms with E-state index in [9.17, 15) is 24.0 Å². The molecule has 0 aromatic heterocycles. The minimum atomic E-state index is -1.09. The van der Waals surface area contributed by atoms with Gasteiger partial charge in [-0.2, -0.15) is 0 Å². The van der Waals surface area contributed by atoms with Crippen molar-refractivity contribution in [1.82, 2.24) is 15.5 Å². The highest BCUT2D eigenvalue weighted by molar-refractivity contribution is 6.24. The van der Waals surface area contributed by atoms with Gasteiger partial charge in [0, 0.05) is 24.4 Å². The zero-order valence-corrected chi connectivity index (χ0v) is 20.6. The lowest BCUT2D eigenvalue weighted by atomic mass is 10.0. The van der Waals surface area contributed by atoms with Crippen molar-refractivity contribution in [3.63, 3.8) is 0 Å². The third-order valence-corrected chi connectivity index (χ3v) is 5.50. The van der Waals surface area contributed by atoms with Crippen LogP contribution in [0.2, 0.25) is 0 Å². The first kappa shape index (κ1) is 28.5. The van der Waals surface area contributed by atoms with Gasteiger partial charge in [-0.25, -0.2) is 0 Å². The molecule has 2 aliphatic rings. The van der Waals surface area contributed by atoms with Gasteiger partial charge in [0.2, 0.25) is 11.8 Å². The fourth-order valence-corrected chi connectivity index (χ4v) is 3.75. The average Bonchev–Trinajstić information content (AvgIpc) is 3.15. The number of hydrogen-bond acceptors (Lipinski definition) is 10. The van der Waals surface area contributed by atoms with Gasteiger partial charge in [0.25, 0.3) is 17.7 Å². The molecule has 0 radical (unpaired) electrons. The van der Waals surface area contributed by atoms with Crippen LogP contribution in [-0.2, 0) is 28.6 Å². The predicted octanol–water partition coefficient (Wildman–Crippen LogP) is -0.0571. The number of amides is 5. The number of fused-ring (bicyclic) bond motifs is 1. The molecule has 2 heterocycles. The highest BCUT2D eigenvalue weighted by atomic mass is 16.5. The summed E-state index contributed by atoms with van der Waals surface area (Å²) >= 11 is 0. The van der Waals surface area contributed by atoms with Gasteiger partial charge >= 0.3 is 0 Å². The van der Waals surface area contributed by atoms with Gasteiger partial charge in [-0.1, -0.05) is 11.2 Å². The van der Waals surface area contributed by atoms with E-state index in [0.29, 0.717) is 33.0 Å². The van der Waals surface area contributed by atoms with Gasteiger partial charge in [-0.3, -0.25) is 34.2 Å². The molecular weight excluding hydrogens is 504 g/mol. The van der Waals surface area contributed by atoms with E-state index in [-0.39, 0.29) is 49.4 Å². The van der Waals surface area contributed by atoms with Crippen LogP contribution in [-0.4, -0.2) is 99.8 Å². The zero-order chi connectivity index (χ0) is 27.3. The second-order valence-corrected chi connectivity index (χ2v) is 8.06. The van der Waals surface area contributed by atoms with Crippen LogP contribution in [0.25, 0.3) is 10.4 Å². The fourth-order valence-electron chi connectivity index (χ4n) is 3.75. The molecule has 1 atom stereocenters. The normalized spacial score (nSPS) is 16.6. The third-order valence-electron chi connectivity index (χ3n) is 5.50. The number of ether oxygens (including phenoxy) is 4. The Balaban J connectivity index is 1.35. The molecule has 2 N–H and O–H groups in total. The van der Waals surface area contributed by atoms with E-state index < -0.39 is 42.2 Å². The van der Waals surface area contributed by atoms with E-state index in [0.717, 1.165) is 4.90 Å². The van der Waals surface area contributed by atoms with Crippen LogP contribution in [0.1, 0.15) is 33.6 Å². The number of carbonyl (C=O) groups excluding carboxylic acids is 5. The largest absolute Gasteiger partial charge is 0.483 e. The van der Waals surface area contributed by atoms with Gasteiger partial charge in [-0.05, 0) is 24.1 Å². The molecule has 0 spiro atoms. The van der Waals surface area contributed by atoms with Crippen LogP contribution in [0, 0.1) is 0 Å². The molecule has 0 saturated carbocycles. The van der Waals surface area contributed by atoms with Crippen LogP contribution in [0.15, 0.2) is 23.3 Å². The van der Waals surface area contributed by atoms with E-state index in [1.807, 2.05) is 0 Å². The number of nitrogens with one attached hydrogen (secondary N) is 2. The molecule has 15 nitrogen and oxygen atoms in total. The molecule has 1 fully saturated rings. The Bertz CT molecular complexity index is 1100. The SMILES string of the molecule is [N-]=[N+]=NCCOCCOCCOCCNC(=O)COc1cccc2c1C(=O)N(C1CCC(=O)NC1=O)C2=O. The highest BCUT2D eigenvalue weighted by Gasteiger charge is 2.46. The number of carbonyl (C=O) groups is 5. The van der Waals surface area contributed by atoms with Crippen molar-refractivity contribution in [2.45, 2.75) is 18.9 Å². The Hall–Kier alpha value is -4.04. The molecule has 2 aliphatic heterocycles. The first-order chi connectivity index (χ1) is 18.4. The zero-order valence-electron chi connectivity index (χ0n) is 20.6. The van der Waals surface area contributed by atoms with E-state index in [1.165, 1.54) is 18.2 Å². The average molecular weight is 533 g/mol. The van der Waals surface area contributed by atoms with Crippen molar-refractivity contribution < 1.29 is 42.9 Å². The summed E-state index contributed by atoms with van der Waals surface area (Å²) < 4.78 is 21.4. The lowest BCUT2D eigenvalue weighted by molar-refractivity contribution is -0.136. The predicted molar refractivity (Wildman–Crippen MR) is 128 cm³/mol. The maximum atomic E-state index is 13.0. The number of rotatable bonds is 16. The van der Waals surface area contributed by atoms with Crippen LogP contribution in [0.4, 0.5) is 0 Å². The van der Waals surface area contributed by atoms with E-state index >= 15 is 0 Å². The molecule has 0 bridgehead atoms. The lowest BCUT2D eigenvalue weighted by Crippen LogP contribution is -2.54. The number of imide groups is 2. The number of nitrogens with zero attached hydrogens (tertiary/aromatic N) is 4. The molecule has 3 rings (SSSR count). The maximum absolute atomic E-state index is 13.0. The molecule has 1 saturated heterocycles. The summed E-state index contributed by atoms with van der Waals surface area (Å²) in [6.45, 7) is 2.07. The second kappa shape index (κ2) is 14.6. The monoisotopic (exact) mass is 532 g/mol. The molecular formula is C23H28N6O9. The first-order valence-corrected chi connectivity index (χ1v) is 11.9. The van der Waals surface area contributed by atoms with Gasteiger partial charge in [-0.15, -0.1) is 0 Å². The molecule has 1 unspecified atom stereocenters. The summed E-state index contributed by atoms with van der Waals surface area (Å²) in [5.74, 6) is -2.96. The van der Waals surface area contributed by atoms with Crippen molar-refractivity contribution >= 4 is 29.5 Å². The molecule has 5 amide bonds. The van der Waals surface area contributed by atoms with Crippen molar-refractivity contribution in [2.75, 3.05) is 59.3 Å². The number of benzene rings is 1. The third kappa shape index (κ3) is 7.73. The quantitative estimate of drug-likeness (QED) is 0.0962. The van der Waals surface area contributed by atoms with Gasteiger partial charge in [0.15, 0.2) is 6.61 Å². The van der Waals surface area contributed by atoms with Crippen molar-refractivity contribution in [1.29, 1.82) is 0 Å². The fraction of sp³-hybridized carbons (Fsp3) is 0.522. The van der Waals surface area contributed by atoms with E-state index in [1.54, 1.807) is 0 Å². The summed E-state index contributed by atoms with van der Waals surface area (Å²) in [5, 5.41) is 8.09. The van der Waals surface area contributed by atoms with Crippen LogP contribution < -0.4 is 15.4 Å². The van der Waals surface area contributed by atoms with Gasteiger partial charge < -0.3 is 24.3 Å². The summed E-state index contributed by atoms with van der Waals surface area (Å²) in [7, 11) is 0. The molecule has 38 heavy (non-hydrogen) atoms. The van der Waals surface area contributed by atoms with Gasteiger partial charge in [0.1, 0.15) is 11.8 Å². The summed E-state index contributed by atoms with van der Waals surface area (Å²) in [5.41, 5.74) is 8.17. The Morgan fingerprint density at radius 1 is 1.05 bits per heavy atom. The molecule has 204 valence electrons. The smallest absolute Gasteiger partial charge is 0.266 e. The summed E-state index contributed by atoms with van der Waals surface area (Å²) in [6, 6.07) is 3.32. The Labute approximate surface area is 217 Å². The van der Waals surface area contributed by atoms with E-state index in [4.69, 9.17) is 24.5 Å². The Morgan fingerprint density at radius 2 is 1.76 bits per heavy atom. The topological polar surface area (TPSA) is 198 Å². The van der Waals surface area contributed by atoms with Crippen LogP contribution in [0.3, 0.4) is 0 Å². The van der Waals surface area contributed by atoms with Gasteiger partial charge in [0.05, 0.1) is 50.8 Å². The second-order valence-electron chi connectivity index (χ2n) is 8.06. The Kier molecular flexibility index (Phi) is 11.0. The van der Waals surface area contributed by atoms with Crippen LogP contribution >= 0.6 is 0 Å². The molecule has 1 aromatic rings. The summed E-state index contributed by atoms with van der Waals surface area (Å²) in [6.07, 6.45) is 0.0534. The number of azide groups is 1. The molecule has 1 aromatic carbocycles. The van der Waals surface area contributed by atoms with Crippen molar-refractivity contribution in [2.24, 2.45) is 5.11 Å². The minimum absolute atomic E-state index is 0.0142. The van der Waals surface area contributed by atoms with Crippen molar-refractivity contribution in [3.05, 3.63) is 39.8 Å².